The number of nitrogens with one attached hydrogen (secondary N) is 2. The molecule has 0 aliphatic rings. The smallest absolute Gasteiger partial charge is 0.276 e. The fourth-order valence-electron chi connectivity index (χ4n) is 2.28. The van der Waals surface area contributed by atoms with Crippen LogP contribution in [-0.2, 0) is 0 Å². The quantitative estimate of drug-likeness (QED) is 0.644. The summed E-state index contributed by atoms with van der Waals surface area (Å²) in [6, 6.07) is 14.5. The number of para-hydroxylation sites is 2. The summed E-state index contributed by atoms with van der Waals surface area (Å²) >= 11 is 5.70. The monoisotopic (exact) mass is 386 g/mol. The van der Waals surface area contributed by atoms with Crippen molar-refractivity contribution in [1.29, 1.82) is 0 Å². The van der Waals surface area contributed by atoms with Crippen molar-refractivity contribution in [3.8, 4) is 5.75 Å². The van der Waals surface area contributed by atoms with Crippen molar-refractivity contribution in [3.63, 3.8) is 0 Å². The molecule has 0 radical (unpaired) electrons. The number of carbonyl (C=O) groups excluding carboxylic acids is 1. The SMILES string of the molecule is CCOc1ccccc1Nc1ccc(C(=O)Nc2ccc(F)c(Cl)c2)nn1. The topological polar surface area (TPSA) is 76.1 Å². The molecule has 2 aromatic carbocycles. The molecular weight excluding hydrogens is 371 g/mol. The van der Waals surface area contributed by atoms with E-state index >= 15 is 0 Å². The molecule has 3 rings (SSSR count). The number of aromatic nitrogens is 2. The molecular formula is C19H16ClFN4O2. The Morgan fingerprint density at radius 1 is 1.15 bits per heavy atom. The maximum absolute atomic E-state index is 13.2. The number of nitrogens with zero attached hydrogens (tertiary/aromatic N) is 2. The van der Waals surface area contributed by atoms with Crippen molar-refractivity contribution in [1.82, 2.24) is 10.2 Å². The van der Waals surface area contributed by atoms with Crippen LogP contribution in [0.5, 0.6) is 5.75 Å². The minimum Gasteiger partial charge on any atom is -0.492 e. The first-order chi connectivity index (χ1) is 13.1. The van der Waals surface area contributed by atoms with Crippen molar-refractivity contribution < 1.29 is 13.9 Å². The molecule has 3 aromatic rings. The van der Waals surface area contributed by atoms with Gasteiger partial charge in [0.25, 0.3) is 5.91 Å². The Hall–Kier alpha value is -3.19. The van der Waals surface area contributed by atoms with Gasteiger partial charge in [-0.15, -0.1) is 10.2 Å². The van der Waals surface area contributed by atoms with Gasteiger partial charge >= 0.3 is 0 Å². The molecule has 0 aliphatic carbocycles. The van der Waals surface area contributed by atoms with E-state index in [1.54, 1.807) is 6.07 Å². The molecule has 0 unspecified atom stereocenters. The second kappa shape index (κ2) is 8.46. The van der Waals surface area contributed by atoms with Gasteiger partial charge in [0.15, 0.2) is 11.5 Å². The third-order valence-electron chi connectivity index (χ3n) is 3.52. The number of hydrogen-bond donors (Lipinski definition) is 2. The van der Waals surface area contributed by atoms with E-state index in [0.29, 0.717) is 23.9 Å². The molecule has 1 heterocycles. The average molecular weight is 387 g/mol. The molecule has 0 spiro atoms. The number of rotatable bonds is 6. The van der Waals surface area contributed by atoms with Crippen LogP contribution in [0.2, 0.25) is 5.02 Å². The lowest BCUT2D eigenvalue weighted by Gasteiger charge is -2.11. The summed E-state index contributed by atoms with van der Waals surface area (Å²) in [5.74, 6) is 0.115. The molecule has 8 heteroatoms. The van der Waals surface area contributed by atoms with Gasteiger partial charge in [-0.25, -0.2) is 4.39 Å². The largest absolute Gasteiger partial charge is 0.492 e. The van der Waals surface area contributed by atoms with E-state index in [9.17, 15) is 9.18 Å². The van der Waals surface area contributed by atoms with E-state index in [2.05, 4.69) is 20.8 Å². The van der Waals surface area contributed by atoms with Crippen molar-refractivity contribution in [2.45, 2.75) is 6.92 Å². The van der Waals surface area contributed by atoms with E-state index in [1.165, 1.54) is 24.3 Å². The molecule has 1 aromatic heterocycles. The zero-order valence-corrected chi connectivity index (χ0v) is 15.1. The second-order valence-electron chi connectivity index (χ2n) is 5.44. The average Bonchev–Trinajstić information content (AvgIpc) is 2.67. The van der Waals surface area contributed by atoms with Gasteiger partial charge in [-0.3, -0.25) is 4.79 Å². The highest BCUT2D eigenvalue weighted by Gasteiger charge is 2.11. The number of halogens is 2. The lowest BCUT2D eigenvalue weighted by molar-refractivity contribution is 0.102. The lowest BCUT2D eigenvalue weighted by Crippen LogP contribution is -2.14. The minimum atomic E-state index is -0.558. The summed E-state index contributed by atoms with van der Waals surface area (Å²) in [4.78, 5) is 12.2. The van der Waals surface area contributed by atoms with Gasteiger partial charge in [-0.05, 0) is 49.4 Å². The van der Waals surface area contributed by atoms with Crippen molar-refractivity contribution in [2.75, 3.05) is 17.2 Å². The fourth-order valence-corrected chi connectivity index (χ4v) is 2.46. The summed E-state index contributed by atoms with van der Waals surface area (Å²) in [5, 5.41) is 13.5. The summed E-state index contributed by atoms with van der Waals surface area (Å²) < 4.78 is 18.7. The summed E-state index contributed by atoms with van der Waals surface area (Å²) in [7, 11) is 0. The van der Waals surface area contributed by atoms with Gasteiger partial charge in [0, 0.05) is 5.69 Å². The van der Waals surface area contributed by atoms with Crippen molar-refractivity contribution in [2.24, 2.45) is 0 Å². The minimum absolute atomic E-state index is 0.0774. The normalized spacial score (nSPS) is 10.3. The summed E-state index contributed by atoms with van der Waals surface area (Å²) in [6.07, 6.45) is 0. The maximum atomic E-state index is 13.2. The summed E-state index contributed by atoms with van der Waals surface area (Å²) in [5.41, 5.74) is 1.21. The fraction of sp³-hybridized carbons (Fsp3) is 0.105. The van der Waals surface area contributed by atoms with Crippen LogP contribution in [0.15, 0.2) is 54.6 Å². The number of benzene rings is 2. The van der Waals surface area contributed by atoms with Crippen LogP contribution in [0.4, 0.5) is 21.6 Å². The van der Waals surface area contributed by atoms with E-state index in [1.807, 2.05) is 31.2 Å². The van der Waals surface area contributed by atoms with Crippen LogP contribution in [0, 0.1) is 5.82 Å². The van der Waals surface area contributed by atoms with Gasteiger partial charge in [0.05, 0.1) is 17.3 Å². The number of anilines is 3. The van der Waals surface area contributed by atoms with Gasteiger partial charge < -0.3 is 15.4 Å². The predicted molar refractivity (Wildman–Crippen MR) is 102 cm³/mol. The molecule has 0 saturated heterocycles. The second-order valence-corrected chi connectivity index (χ2v) is 5.85. The van der Waals surface area contributed by atoms with E-state index in [4.69, 9.17) is 16.3 Å². The third-order valence-corrected chi connectivity index (χ3v) is 3.81. The molecule has 0 fully saturated rings. The molecule has 27 heavy (non-hydrogen) atoms. The number of carbonyl (C=O) groups is 1. The molecule has 0 bridgehead atoms. The first-order valence-corrected chi connectivity index (χ1v) is 8.53. The van der Waals surface area contributed by atoms with Gasteiger partial charge in [-0.2, -0.15) is 0 Å². The maximum Gasteiger partial charge on any atom is 0.276 e. The molecule has 2 N–H and O–H groups in total. The van der Waals surface area contributed by atoms with Gasteiger partial charge in [-0.1, -0.05) is 23.7 Å². The van der Waals surface area contributed by atoms with Gasteiger partial charge in [0.1, 0.15) is 11.6 Å². The van der Waals surface area contributed by atoms with Crippen LogP contribution < -0.4 is 15.4 Å². The Bertz CT molecular complexity index is 951. The molecule has 138 valence electrons. The number of hydrogen-bond acceptors (Lipinski definition) is 5. The Morgan fingerprint density at radius 2 is 1.96 bits per heavy atom. The van der Waals surface area contributed by atoms with Crippen molar-refractivity contribution in [3.05, 3.63) is 71.1 Å². The molecule has 1 amide bonds. The number of amides is 1. The van der Waals surface area contributed by atoms with E-state index in [-0.39, 0.29) is 10.7 Å². The highest BCUT2D eigenvalue weighted by molar-refractivity contribution is 6.31. The predicted octanol–water partition coefficient (Wildman–Crippen LogP) is 4.66. The first kappa shape index (κ1) is 18.6. The Balaban J connectivity index is 1.69. The first-order valence-electron chi connectivity index (χ1n) is 8.16. The summed E-state index contributed by atoms with van der Waals surface area (Å²) in [6.45, 7) is 2.44. The van der Waals surface area contributed by atoms with Crippen LogP contribution in [0.3, 0.4) is 0 Å². The van der Waals surface area contributed by atoms with Crippen LogP contribution in [-0.4, -0.2) is 22.7 Å². The molecule has 6 nitrogen and oxygen atoms in total. The van der Waals surface area contributed by atoms with Gasteiger partial charge in [0.2, 0.25) is 0 Å². The van der Waals surface area contributed by atoms with E-state index < -0.39 is 11.7 Å². The van der Waals surface area contributed by atoms with Crippen LogP contribution in [0.1, 0.15) is 17.4 Å². The Kier molecular flexibility index (Phi) is 5.83. The van der Waals surface area contributed by atoms with E-state index in [0.717, 1.165) is 5.69 Å². The Morgan fingerprint density at radius 3 is 2.67 bits per heavy atom. The number of ether oxygens (including phenoxy) is 1. The van der Waals surface area contributed by atoms with Crippen molar-refractivity contribution >= 4 is 34.7 Å². The van der Waals surface area contributed by atoms with Crippen LogP contribution >= 0.6 is 11.6 Å². The lowest BCUT2D eigenvalue weighted by atomic mass is 10.2. The van der Waals surface area contributed by atoms with Crippen LogP contribution in [0.25, 0.3) is 0 Å². The zero-order valence-electron chi connectivity index (χ0n) is 14.4. The Labute approximate surface area is 160 Å². The highest BCUT2D eigenvalue weighted by atomic mass is 35.5. The highest BCUT2D eigenvalue weighted by Crippen LogP contribution is 2.26. The zero-order chi connectivity index (χ0) is 19.2. The third kappa shape index (κ3) is 4.71. The molecule has 0 aliphatic heterocycles. The standard InChI is InChI=1S/C19H16ClFN4O2/c1-2-27-17-6-4-3-5-15(17)23-18-10-9-16(24-25-18)19(26)22-12-7-8-14(21)13(20)11-12/h3-11H,2H2,1H3,(H,22,26)(H,23,25). The molecule has 0 saturated carbocycles. The molecule has 0 atom stereocenters.